The molecule has 6 heteroatoms. The second-order valence-electron chi connectivity index (χ2n) is 5.22. The molecule has 0 aromatic carbocycles. The number of carbonyl (C=O) groups is 1. The molecule has 0 saturated heterocycles. The minimum Gasteiger partial charge on any atom is -0.463 e. The number of aryl methyl sites for hydroxylation is 1. The topological polar surface area (TPSA) is 68.0 Å². The summed E-state index contributed by atoms with van der Waals surface area (Å²) in [6, 6.07) is 1.34. The SMILES string of the molecule is Cc1nn(C(=O)O)c2nc(F)cc(C(C)(C)C)c12. The molecule has 0 fully saturated rings. The first-order valence-corrected chi connectivity index (χ1v) is 5.51. The Bertz CT molecular complexity index is 641. The van der Waals surface area contributed by atoms with Crippen molar-refractivity contribution in [2.24, 2.45) is 0 Å². The van der Waals surface area contributed by atoms with Crippen molar-refractivity contribution in [3.63, 3.8) is 0 Å². The molecule has 5 nitrogen and oxygen atoms in total. The molecular formula is C12H14FN3O2. The van der Waals surface area contributed by atoms with Crippen LogP contribution in [0.2, 0.25) is 0 Å². The van der Waals surface area contributed by atoms with Crippen LogP contribution < -0.4 is 0 Å². The van der Waals surface area contributed by atoms with Crippen molar-refractivity contribution < 1.29 is 14.3 Å². The number of aromatic nitrogens is 3. The van der Waals surface area contributed by atoms with Crippen LogP contribution in [0.3, 0.4) is 0 Å². The van der Waals surface area contributed by atoms with Gasteiger partial charge in [-0.3, -0.25) is 0 Å². The number of carboxylic acid groups (broad SMARTS) is 1. The van der Waals surface area contributed by atoms with Crippen molar-refractivity contribution >= 4 is 17.1 Å². The van der Waals surface area contributed by atoms with E-state index in [-0.39, 0.29) is 11.1 Å². The fraction of sp³-hybridized carbons (Fsp3) is 0.417. The molecule has 0 amide bonds. The second kappa shape index (κ2) is 3.76. The van der Waals surface area contributed by atoms with E-state index in [9.17, 15) is 9.18 Å². The molecule has 96 valence electrons. The normalized spacial score (nSPS) is 12.1. The number of rotatable bonds is 0. The van der Waals surface area contributed by atoms with E-state index in [1.807, 2.05) is 20.8 Å². The van der Waals surface area contributed by atoms with Gasteiger partial charge in [0.2, 0.25) is 5.95 Å². The van der Waals surface area contributed by atoms with Crippen LogP contribution in [0, 0.1) is 12.9 Å². The summed E-state index contributed by atoms with van der Waals surface area (Å²) in [6.45, 7) is 7.48. The molecule has 0 atom stereocenters. The molecule has 2 aromatic rings. The maximum Gasteiger partial charge on any atom is 0.434 e. The van der Waals surface area contributed by atoms with Crippen molar-refractivity contribution in [2.75, 3.05) is 0 Å². The summed E-state index contributed by atoms with van der Waals surface area (Å²) in [7, 11) is 0. The number of hydrogen-bond donors (Lipinski definition) is 1. The first kappa shape index (κ1) is 12.5. The molecule has 0 aliphatic heterocycles. The molecular weight excluding hydrogens is 237 g/mol. The third-order valence-electron chi connectivity index (χ3n) is 2.77. The Hall–Kier alpha value is -1.98. The molecule has 0 aliphatic carbocycles. The van der Waals surface area contributed by atoms with Crippen LogP contribution in [0.15, 0.2) is 6.07 Å². The van der Waals surface area contributed by atoms with Gasteiger partial charge in [0, 0.05) is 5.39 Å². The van der Waals surface area contributed by atoms with Crippen molar-refractivity contribution in [1.29, 1.82) is 0 Å². The van der Waals surface area contributed by atoms with Gasteiger partial charge in [0.1, 0.15) is 0 Å². The highest BCUT2D eigenvalue weighted by Gasteiger charge is 2.24. The van der Waals surface area contributed by atoms with E-state index >= 15 is 0 Å². The summed E-state index contributed by atoms with van der Waals surface area (Å²) in [5.41, 5.74) is 0.962. The second-order valence-corrected chi connectivity index (χ2v) is 5.22. The molecule has 18 heavy (non-hydrogen) atoms. The van der Waals surface area contributed by atoms with Crippen molar-refractivity contribution in [1.82, 2.24) is 14.8 Å². The van der Waals surface area contributed by atoms with Gasteiger partial charge in [0.15, 0.2) is 5.65 Å². The highest BCUT2D eigenvalue weighted by atomic mass is 19.1. The summed E-state index contributed by atoms with van der Waals surface area (Å²) in [5.74, 6) is -0.699. The average Bonchev–Trinajstić information content (AvgIpc) is 2.53. The maximum absolute atomic E-state index is 13.5. The minimum absolute atomic E-state index is 0.0462. The fourth-order valence-electron chi connectivity index (χ4n) is 1.98. The van der Waals surface area contributed by atoms with Gasteiger partial charge in [-0.05, 0) is 24.0 Å². The van der Waals surface area contributed by atoms with E-state index in [4.69, 9.17) is 5.11 Å². The smallest absolute Gasteiger partial charge is 0.434 e. The monoisotopic (exact) mass is 251 g/mol. The van der Waals surface area contributed by atoms with E-state index < -0.39 is 12.0 Å². The summed E-state index contributed by atoms with van der Waals surface area (Å²) in [6.07, 6.45) is -1.27. The van der Waals surface area contributed by atoms with Crippen LogP contribution in [-0.2, 0) is 5.41 Å². The standard InChI is InChI=1S/C12H14FN3O2/c1-6-9-7(12(2,3)4)5-8(13)14-10(9)16(15-6)11(17)18/h5H,1-4H3,(H,17,18). The zero-order valence-electron chi connectivity index (χ0n) is 10.7. The van der Waals surface area contributed by atoms with Gasteiger partial charge >= 0.3 is 6.09 Å². The van der Waals surface area contributed by atoms with Gasteiger partial charge in [0.25, 0.3) is 0 Å². The van der Waals surface area contributed by atoms with E-state index in [1.54, 1.807) is 6.92 Å². The Labute approximate surface area is 103 Å². The van der Waals surface area contributed by atoms with Crippen molar-refractivity contribution in [2.45, 2.75) is 33.1 Å². The number of halogens is 1. The van der Waals surface area contributed by atoms with Crippen LogP contribution >= 0.6 is 0 Å². The van der Waals surface area contributed by atoms with Crippen LogP contribution in [0.1, 0.15) is 32.0 Å². The number of pyridine rings is 1. The Morgan fingerprint density at radius 2 is 2.06 bits per heavy atom. The highest BCUT2D eigenvalue weighted by Crippen LogP contribution is 2.31. The maximum atomic E-state index is 13.5. The van der Waals surface area contributed by atoms with Crippen molar-refractivity contribution in [3.8, 4) is 0 Å². The predicted molar refractivity (Wildman–Crippen MR) is 64.3 cm³/mol. The van der Waals surface area contributed by atoms with Crippen molar-refractivity contribution in [3.05, 3.63) is 23.3 Å². The highest BCUT2D eigenvalue weighted by molar-refractivity contribution is 5.89. The van der Waals surface area contributed by atoms with E-state index in [1.165, 1.54) is 6.07 Å². The number of hydrogen-bond acceptors (Lipinski definition) is 3. The zero-order valence-corrected chi connectivity index (χ0v) is 10.7. The van der Waals surface area contributed by atoms with E-state index in [0.717, 1.165) is 0 Å². The molecule has 0 spiro atoms. The van der Waals surface area contributed by atoms with Gasteiger partial charge in [-0.2, -0.15) is 14.5 Å². The Kier molecular flexibility index (Phi) is 2.61. The number of nitrogens with zero attached hydrogens (tertiary/aromatic N) is 3. The van der Waals surface area contributed by atoms with Gasteiger partial charge < -0.3 is 5.11 Å². The Balaban J connectivity index is 2.94. The van der Waals surface area contributed by atoms with Gasteiger partial charge in [-0.15, -0.1) is 4.68 Å². The molecule has 2 heterocycles. The lowest BCUT2D eigenvalue weighted by Gasteiger charge is -2.20. The average molecular weight is 251 g/mol. The molecule has 2 aromatic heterocycles. The van der Waals surface area contributed by atoms with Gasteiger partial charge in [0.05, 0.1) is 5.69 Å². The molecule has 0 radical (unpaired) electrons. The molecule has 0 unspecified atom stereocenters. The lowest BCUT2D eigenvalue weighted by Crippen LogP contribution is -2.14. The third kappa shape index (κ3) is 1.83. The summed E-state index contributed by atoms with van der Waals surface area (Å²) in [5, 5.41) is 13.5. The van der Waals surface area contributed by atoms with Gasteiger partial charge in [-0.25, -0.2) is 4.79 Å². The summed E-state index contributed by atoms with van der Waals surface area (Å²) < 4.78 is 14.2. The molecule has 1 N–H and O–H groups in total. The first-order chi connectivity index (χ1) is 8.21. The molecule has 0 aliphatic rings. The van der Waals surface area contributed by atoms with Crippen LogP contribution in [-0.4, -0.2) is 26.0 Å². The lowest BCUT2D eigenvalue weighted by molar-refractivity contribution is 0.193. The quantitative estimate of drug-likeness (QED) is 0.731. The fourth-order valence-corrected chi connectivity index (χ4v) is 1.98. The molecule has 2 rings (SSSR count). The van der Waals surface area contributed by atoms with E-state index in [0.29, 0.717) is 21.3 Å². The third-order valence-corrected chi connectivity index (χ3v) is 2.77. The van der Waals surface area contributed by atoms with E-state index in [2.05, 4.69) is 10.1 Å². The van der Waals surface area contributed by atoms with Crippen LogP contribution in [0.5, 0.6) is 0 Å². The first-order valence-electron chi connectivity index (χ1n) is 5.51. The lowest BCUT2D eigenvalue weighted by atomic mass is 9.85. The molecule has 0 saturated carbocycles. The van der Waals surface area contributed by atoms with Gasteiger partial charge in [-0.1, -0.05) is 20.8 Å². The predicted octanol–water partition coefficient (Wildman–Crippen LogP) is 2.70. The molecule has 0 bridgehead atoms. The zero-order chi connectivity index (χ0) is 13.7. The minimum atomic E-state index is -1.27. The largest absolute Gasteiger partial charge is 0.463 e. The Morgan fingerprint density at radius 3 is 2.56 bits per heavy atom. The summed E-state index contributed by atoms with van der Waals surface area (Å²) in [4.78, 5) is 14.7. The Morgan fingerprint density at radius 1 is 1.44 bits per heavy atom. The summed E-state index contributed by atoms with van der Waals surface area (Å²) >= 11 is 0. The van der Waals surface area contributed by atoms with Crippen LogP contribution in [0.25, 0.3) is 11.0 Å². The van der Waals surface area contributed by atoms with Crippen LogP contribution in [0.4, 0.5) is 9.18 Å². The number of fused-ring (bicyclic) bond motifs is 1.